The van der Waals surface area contributed by atoms with Gasteiger partial charge in [0.25, 0.3) is 0 Å². The summed E-state index contributed by atoms with van der Waals surface area (Å²) in [4.78, 5) is 31.4. The van der Waals surface area contributed by atoms with Crippen molar-refractivity contribution in [3.05, 3.63) is 65.5 Å². The Morgan fingerprint density at radius 1 is 1.12 bits per heavy atom. The van der Waals surface area contributed by atoms with Crippen molar-refractivity contribution in [3.63, 3.8) is 0 Å². The molecule has 0 bridgehead atoms. The topological polar surface area (TPSA) is 92.8 Å². The fourth-order valence-electron chi connectivity index (χ4n) is 3.28. The summed E-state index contributed by atoms with van der Waals surface area (Å²) in [5.74, 6) is -0.331. The van der Waals surface area contributed by atoms with Gasteiger partial charge in [-0.2, -0.15) is 0 Å². The molecule has 0 saturated carbocycles. The first-order valence-corrected chi connectivity index (χ1v) is 11.6. The van der Waals surface area contributed by atoms with E-state index < -0.39 is 12.1 Å². The lowest BCUT2D eigenvalue weighted by Crippen LogP contribution is -2.41. The molecule has 4 rings (SSSR count). The number of nitrogens with one attached hydrogen (secondary N) is 2. The molecule has 1 saturated heterocycles. The van der Waals surface area contributed by atoms with E-state index in [0.29, 0.717) is 5.69 Å². The molecule has 1 aliphatic heterocycles. The zero-order valence-electron chi connectivity index (χ0n) is 18.3. The number of aromatic nitrogens is 1. The molecule has 2 amide bonds. The molecule has 8 nitrogen and oxygen atoms in total. The monoisotopic (exact) mass is 466 g/mol. The maximum Gasteiger partial charge on any atom is 0.408 e. The van der Waals surface area contributed by atoms with Crippen LogP contribution in [0.5, 0.6) is 0 Å². The van der Waals surface area contributed by atoms with Gasteiger partial charge in [-0.15, -0.1) is 11.3 Å². The Morgan fingerprint density at radius 2 is 1.85 bits per heavy atom. The van der Waals surface area contributed by atoms with E-state index in [2.05, 4.69) is 15.5 Å². The number of nitrogens with zero attached hydrogens (tertiary/aromatic N) is 2. The molecule has 9 heteroatoms. The predicted molar refractivity (Wildman–Crippen MR) is 128 cm³/mol. The van der Waals surface area contributed by atoms with E-state index in [4.69, 9.17) is 14.5 Å². The van der Waals surface area contributed by atoms with Gasteiger partial charge in [0, 0.05) is 29.7 Å². The Hall–Kier alpha value is -3.43. The standard InChI is InChI=1S/C24H26N4O4S/c1-17(25-24(30)32-15-18-5-3-2-4-6-18)22(29)26-20-9-7-19(8-10-20)21-16-33-23(27-21)28-11-13-31-14-12-28/h2-10,16-17H,11-15H2,1H3,(H,25,30)(H,26,29)/t17-/m0/s1. The van der Waals surface area contributed by atoms with Gasteiger partial charge in [0.05, 0.1) is 18.9 Å². The van der Waals surface area contributed by atoms with E-state index in [9.17, 15) is 9.59 Å². The molecule has 3 aromatic rings. The third-order valence-corrected chi connectivity index (χ3v) is 6.06. The number of morpholine rings is 1. The number of rotatable bonds is 7. The molecule has 172 valence electrons. The lowest BCUT2D eigenvalue weighted by molar-refractivity contribution is -0.117. The highest BCUT2D eigenvalue weighted by atomic mass is 32.1. The summed E-state index contributed by atoms with van der Waals surface area (Å²) >= 11 is 1.62. The van der Waals surface area contributed by atoms with Crippen molar-refractivity contribution in [2.24, 2.45) is 0 Å². The molecule has 0 spiro atoms. The Morgan fingerprint density at radius 3 is 2.58 bits per heavy atom. The van der Waals surface area contributed by atoms with Gasteiger partial charge in [0.1, 0.15) is 12.6 Å². The van der Waals surface area contributed by atoms with Crippen LogP contribution in [-0.4, -0.2) is 49.3 Å². The van der Waals surface area contributed by atoms with Crippen molar-refractivity contribution in [1.29, 1.82) is 0 Å². The van der Waals surface area contributed by atoms with Crippen LogP contribution in [0.1, 0.15) is 12.5 Å². The van der Waals surface area contributed by atoms with E-state index in [1.807, 2.05) is 60.0 Å². The van der Waals surface area contributed by atoms with Gasteiger partial charge >= 0.3 is 6.09 Å². The molecule has 0 unspecified atom stereocenters. The van der Waals surface area contributed by atoms with Crippen molar-refractivity contribution in [3.8, 4) is 11.3 Å². The van der Waals surface area contributed by atoms with Gasteiger partial charge in [-0.3, -0.25) is 4.79 Å². The molecule has 1 aliphatic rings. The molecule has 2 heterocycles. The first-order valence-electron chi connectivity index (χ1n) is 10.8. The number of carbonyl (C=O) groups is 2. The van der Waals surface area contributed by atoms with Gasteiger partial charge in [-0.1, -0.05) is 42.5 Å². The maximum atomic E-state index is 12.4. The number of amides is 2. The summed E-state index contributed by atoms with van der Waals surface area (Å²) < 4.78 is 10.6. The molecule has 1 fully saturated rings. The second-order valence-electron chi connectivity index (χ2n) is 7.61. The Bertz CT molecular complexity index is 1070. The minimum Gasteiger partial charge on any atom is -0.445 e. The van der Waals surface area contributed by atoms with E-state index >= 15 is 0 Å². The Kier molecular flexibility index (Phi) is 7.54. The highest BCUT2D eigenvalue weighted by molar-refractivity contribution is 7.14. The van der Waals surface area contributed by atoms with Crippen LogP contribution in [0.15, 0.2) is 60.0 Å². The number of alkyl carbamates (subject to hydrolysis) is 1. The van der Waals surface area contributed by atoms with Crippen LogP contribution in [0.3, 0.4) is 0 Å². The number of benzene rings is 2. The fraction of sp³-hybridized carbons (Fsp3) is 0.292. The normalized spacial score (nSPS) is 14.4. The highest BCUT2D eigenvalue weighted by Gasteiger charge is 2.17. The van der Waals surface area contributed by atoms with E-state index in [1.165, 1.54) is 0 Å². The minimum atomic E-state index is -0.748. The number of hydrogen-bond acceptors (Lipinski definition) is 7. The maximum absolute atomic E-state index is 12.4. The van der Waals surface area contributed by atoms with Crippen molar-refractivity contribution in [1.82, 2.24) is 10.3 Å². The van der Waals surface area contributed by atoms with Crippen LogP contribution in [0.2, 0.25) is 0 Å². The number of hydrogen-bond donors (Lipinski definition) is 2. The zero-order valence-corrected chi connectivity index (χ0v) is 19.1. The van der Waals surface area contributed by atoms with Crippen LogP contribution in [-0.2, 0) is 20.9 Å². The van der Waals surface area contributed by atoms with Crippen LogP contribution >= 0.6 is 11.3 Å². The predicted octanol–water partition coefficient (Wildman–Crippen LogP) is 3.90. The van der Waals surface area contributed by atoms with E-state index in [1.54, 1.807) is 18.3 Å². The van der Waals surface area contributed by atoms with Gasteiger partial charge in [-0.05, 0) is 24.6 Å². The molecule has 0 radical (unpaired) electrons. The summed E-state index contributed by atoms with van der Waals surface area (Å²) in [7, 11) is 0. The minimum absolute atomic E-state index is 0.145. The number of anilines is 2. The lowest BCUT2D eigenvalue weighted by Gasteiger charge is -2.26. The van der Waals surface area contributed by atoms with Crippen molar-refractivity contribution >= 4 is 34.2 Å². The van der Waals surface area contributed by atoms with Crippen LogP contribution in [0.4, 0.5) is 15.6 Å². The molecule has 1 atom stereocenters. The molecule has 0 aliphatic carbocycles. The van der Waals surface area contributed by atoms with Gasteiger partial charge in [-0.25, -0.2) is 9.78 Å². The fourth-order valence-corrected chi connectivity index (χ4v) is 4.17. The molecular formula is C24H26N4O4S. The van der Waals surface area contributed by atoms with Crippen LogP contribution in [0, 0.1) is 0 Å². The summed E-state index contributed by atoms with van der Waals surface area (Å²) in [6.07, 6.45) is -0.642. The van der Waals surface area contributed by atoms with Crippen LogP contribution in [0.25, 0.3) is 11.3 Å². The molecule has 1 aromatic heterocycles. The third kappa shape index (κ3) is 6.30. The van der Waals surface area contributed by atoms with Gasteiger partial charge in [0.15, 0.2) is 5.13 Å². The molecule has 2 aromatic carbocycles. The van der Waals surface area contributed by atoms with Gasteiger partial charge < -0.3 is 25.0 Å². The largest absolute Gasteiger partial charge is 0.445 e. The zero-order chi connectivity index (χ0) is 23.0. The summed E-state index contributed by atoms with van der Waals surface area (Å²) in [5, 5.41) is 8.38. The second kappa shape index (κ2) is 10.9. The number of carbonyl (C=O) groups excluding carboxylic acids is 2. The third-order valence-electron chi connectivity index (χ3n) is 5.16. The molecular weight excluding hydrogens is 440 g/mol. The number of ether oxygens (including phenoxy) is 2. The van der Waals surface area contributed by atoms with E-state index in [0.717, 1.165) is 48.3 Å². The first kappa shape index (κ1) is 22.8. The summed E-state index contributed by atoms with van der Waals surface area (Å²) in [5.41, 5.74) is 3.38. The molecule has 2 N–H and O–H groups in total. The SMILES string of the molecule is C[C@H](NC(=O)OCc1ccccc1)C(=O)Nc1ccc(-c2csc(N3CCOCC3)n2)cc1. The van der Waals surface area contributed by atoms with Crippen molar-refractivity contribution in [2.45, 2.75) is 19.6 Å². The number of thiazole rings is 1. The second-order valence-corrected chi connectivity index (χ2v) is 8.45. The highest BCUT2D eigenvalue weighted by Crippen LogP contribution is 2.28. The quantitative estimate of drug-likeness (QED) is 0.549. The summed E-state index contributed by atoms with van der Waals surface area (Å²) in [6.45, 7) is 4.90. The summed E-state index contributed by atoms with van der Waals surface area (Å²) in [6, 6.07) is 16.1. The van der Waals surface area contributed by atoms with E-state index in [-0.39, 0.29) is 12.5 Å². The average Bonchev–Trinajstić information content (AvgIpc) is 3.35. The van der Waals surface area contributed by atoms with Crippen molar-refractivity contribution in [2.75, 3.05) is 36.5 Å². The van der Waals surface area contributed by atoms with Gasteiger partial charge in [0.2, 0.25) is 5.91 Å². The average molecular weight is 467 g/mol. The first-order chi connectivity index (χ1) is 16.1. The lowest BCUT2D eigenvalue weighted by atomic mass is 10.1. The smallest absolute Gasteiger partial charge is 0.408 e. The van der Waals surface area contributed by atoms with Crippen LogP contribution < -0.4 is 15.5 Å². The Labute approximate surface area is 196 Å². The molecule has 33 heavy (non-hydrogen) atoms. The van der Waals surface area contributed by atoms with Crippen molar-refractivity contribution < 1.29 is 19.1 Å². The Balaban J connectivity index is 1.27.